The van der Waals surface area contributed by atoms with Crippen LogP contribution in [-0.4, -0.2) is 41.4 Å². The molecule has 0 heterocycles. The molecule has 1 fully saturated rings. The van der Waals surface area contributed by atoms with E-state index < -0.39 is 29.4 Å². The van der Waals surface area contributed by atoms with Crippen LogP contribution in [0.4, 0.5) is 26.3 Å². The Morgan fingerprint density at radius 3 is 1.96 bits per heavy atom. The lowest BCUT2D eigenvalue weighted by molar-refractivity contribution is -0.376. The molecule has 0 unspecified atom stereocenters. The molecule has 0 bridgehead atoms. The number of halogens is 6. The third kappa shape index (κ3) is 3.97. The Morgan fingerprint density at radius 2 is 1.58 bits per heavy atom. The summed E-state index contributed by atoms with van der Waals surface area (Å²) in [6, 6.07) is 2.76. The lowest BCUT2D eigenvalue weighted by Crippen LogP contribution is -2.53. The van der Waals surface area contributed by atoms with Gasteiger partial charge in [-0.1, -0.05) is 19.1 Å². The molecule has 26 heavy (non-hydrogen) atoms. The maximum absolute atomic E-state index is 12.9. The molecule has 0 radical (unpaired) electrons. The Kier molecular flexibility index (Phi) is 5.60. The number of carbonyl (C=O) groups excluding carboxylic acids is 1. The van der Waals surface area contributed by atoms with Gasteiger partial charge in [0.1, 0.15) is 0 Å². The second-order valence-corrected chi connectivity index (χ2v) is 6.48. The van der Waals surface area contributed by atoms with E-state index in [0.29, 0.717) is 37.6 Å². The lowest BCUT2D eigenvalue weighted by atomic mass is 9.91. The maximum atomic E-state index is 12.9. The van der Waals surface area contributed by atoms with Gasteiger partial charge >= 0.3 is 12.4 Å². The third-order valence-corrected chi connectivity index (χ3v) is 4.33. The third-order valence-electron chi connectivity index (χ3n) is 4.33. The number of hydrogen-bond acceptors (Lipinski definition) is 2. The minimum atomic E-state index is -5.95. The molecule has 0 atom stereocenters. The highest BCUT2D eigenvalue weighted by Crippen LogP contribution is 2.49. The van der Waals surface area contributed by atoms with E-state index in [2.05, 4.69) is 0 Å². The van der Waals surface area contributed by atoms with Crippen molar-refractivity contribution in [3.63, 3.8) is 0 Å². The largest absolute Gasteiger partial charge is 0.430 e. The number of aliphatic hydroxyl groups is 1. The van der Waals surface area contributed by atoms with Gasteiger partial charge < -0.3 is 10.0 Å². The van der Waals surface area contributed by atoms with E-state index in [4.69, 9.17) is 0 Å². The summed E-state index contributed by atoms with van der Waals surface area (Å²) in [6.07, 6.45) is -9.22. The molecule has 0 spiro atoms. The van der Waals surface area contributed by atoms with E-state index in [9.17, 15) is 36.2 Å². The van der Waals surface area contributed by atoms with Crippen LogP contribution < -0.4 is 0 Å². The minimum Gasteiger partial charge on any atom is -0.369 e. The van der Waals surface area contributed by atoms with Gasteiger partial charge in [0, 0.05) is 24.2 Å². The summed E-state index contributed by atoms with van der Waals surface area (Å²) >= 11 is 0. The molecule has 9 heteroatoms. The molecular weight excluding hydrogens is 364 g/mol. The highest BCUT2D eigenvalue weighted by atomic mass is 19.4. The van der Waals surface area contributed by atoms with Crippen LogP contribution in [0.1, 0.15) is 42.1 Å². The van der Waals surface area contributed by atoms with Gasteiger partial charge in [-0.15, -0.1) is 0 Å². The zero-order valence-electron chi connectivity index (χ0n) is 14.0. The molecule has 1 aliphatic rings. The quantitative estimate of drug-likeness (QED) is 0.746. The predicted molar refractivity (Wildman–Crippen MR) is 81.4 cm³/mol. The van der Waals surface area contributed by atoms with Gasteiger partial charge in [0.2, 0.25) is 0 Å². The summed E-state index contributed by atoms with van der Waals surface area (Å²) in [5.74, 6) is -0.0572. The molecule has 2 rings (SSSR count). The molecule has 3 nitrogen and oxygen atoms in total. The van der Waals surface area contributed by atoms with Crippen molar-refractivity contribution in [1.82, 2.24) is 4.90 Å². The zero-order valence-corrected chi connectivity index (χ0v) is 14.0. The van der Waals surface area contributed by atoms with Crippen LogP contribution in [0.2, 0.25) is 0 Å². The Labute approximate surface area is 146 Å². The Balaban J connectivity index is 2.29. The van der Waals surface area contributed by atoms with Gasteiger partial charge in [-0.2, -0.15) is 26.3 Å². The standard InChI is InChI=1S/C17H19F6NO2/c1-2-9-24(10-11-3-4-11)14(25)12-5-7-13(8-6-12)15(26,16(18,19)20)17(21,22)23/h5-8,11,26H,2-4,9-10H2,1H3. The van der Waals surface area contributed by atoms with Crippen molar-refractivity contribution in [3.05, 3.63) is 35.4 Å². The van der Waals surface area contributed by atoms with Crippen LogP contribution in [0.5, 0.6) is 0 Å². The van der Waals surface area contributed by atoms with Gasteiger partial charge in [0.15, 0.2) is 0 Å². The van der Waals surface area contributed by atoms with Crippen LogP contribution in [0, 0.1) is 5.92 Å². The van der Waals surface area contributed by atoms with Crippen LogP contribution >= 0.6 is 0 Å². The number of amides is 1. The smallest absolute Gasteiger partial charge is 0.369 e. The monoisotopic (exact) mass is 383 g/mol. The lowest BCUT2D eigenvalue weighted by Gasteiger charge is -2.32. The molecule has 0 aliphatic heterocycles. The highest BCUT2D eigenvalue weighted by Gasteiger charge is 2.71. The van der Waals surface area contributed by atoms with Gasteiger partial charge in [-0.05, 0) is 37.3 Å². The van der Waals surface area contributed by atoms with E-state index in [0.717, 1.165) is 25.0 Å². The fourth-order valence-electron chi connectivity index (χ4n) is 2.68. The molecule has 0 saturated heterocycles. The molecule has 0 aromatic heterocycles. The van der Waals surface area contributed by atoms with E-state index in [1.807, 2.05) is 6.92 Å². The van der Waals surface area contributed by atoms with E-state index >= 15 is 0 Å². The summed E-state index contributed by atoms with van der Waals surface area (Å²) in [4.78, 5) is 14.0. The summed E-state index contributed by atoms with van der Waals surface area (Å²) < 4.78 is 77.3. The average molecular weight is 383 g/mol. The Bertz CT molecular complexity index is 620. The van der Waals surface area contributed by atoms with Crippen molar-refractivity contribution < 1.29 is 36.2 Å². The predicted octanol–water partition coefficient (Wildman–Crippen LogP) is 4.26. The summed E-state index contributed by atoms with van der Waals surface area (Å²) in [7, 11) is 0. The molecular formula is C17H19F6NO2. The maximum Gasteiger partial charge on any atom is 0.430 e. The van der Waals surface area contributed by atoms with E-state index in [1.54, 1.807) is 4.90 Å². The normalized spacial score (nSPS) is 15.8. The molecule has 1 aromatic carbocycles. The zero-order chi connectivity index (χ0) is 19.8. The number of hydrogen-bond donors (Lipinski definition) is 1. The molecule has 1 amide bonds. The van der Waals surface area contributed by atoms with Crippen LogP contribution in [-0.2, 0) is 5.60 Å². The summed E-state index contributed by atoms with van der Waals surface area (Å²) in [5, 5.41) is 9.36. The topological polar surface area (TPSA) is 40.5 Å². The highest BCUT2D eigenvalue weighted by molar-refractivity contribution is 5.94. The number of alkyl halides is 6. The van der Waals surface area contributed by atoms with Crippen LogP contribution in [0.25, 0.3) is 0 Å². The first-order valence-corrected chi connectivity index (χ1v) is 8.17. The van der Waals surface area contributed by atoms with Gasteiger partial charge in [-0.25, -0.2) is 0 Å². The first kappa shape index (κ1) is 20.5. The molecule has 146 valence electrons. The molecule has 1 saturated carbocycles. The Morgan fingerprint density at radius 1 is 1.08 bits per heavy atom. The van der Waals surface area contributed by atoms with E-state index in [-0.39, 0.29) is 5.56 Å². The molecule has 1 N–H and O–H groups in total. The van der Waals surface area contributed by atoms with Gasteiger partial charge in [-0.3, -0.25) is 4.79 Å². The number of benzene rings is 1. The van der Waals surface area contributed by atoms with Crippen molar-refractivity contribution in [2.45, 2.75) is 44.1 Å². The molecule has 1 aromatic rings. The average Bonchev–Trinajstić information content (AvgIpc) is 3.35. The number of carbonyl (C=O) groups is 1. The van der Waals surface area contributed by atoms with Gasteiger partial charge in [0.05, 0.1) is 0 Å². The summed E-state index contributed by atoms with van der Waals surface area (Å²) in [5.41, 5.74) is -6.38. The number of nitrogens with zero attached hydrogens (tertiary/aromatic N) is 1. The summed E-state index contributed by atoms with van der Waals surface area (Å²) in [6.45, 7) is 2.83. The minimum absolute atomic E-state index is 0.0189. The van der Waals surface area contributed by atoms with Crippen molar-refractivity contribution in [2.75, 3.05) is 13.1 Å². The van der Waals surface area contributed by atoms with Crippen LogP contribution in [0.3, 0.4) is 0 Å². The van der Waals surface area contributed by atoms with Crippen LogP contribution in [0.15, 0.2) is 24.3 Å². The second-order valence-electron chi connectivity index (χ2n) is 6.48. The van der Waals surface area contributed by atoms with Crippen molar-refractivity contribution in [1.29, 1.82) is 0 Å². The first-order chi connectivity index (χ1) is 11.9. The van der Waals surface area contributed by atoms with E-state index in [1.165, 1.54) is 0 Å². The van der Waals surface area contributed by atoms with Crippen molar-refractivity contribution in [3.8, 4) is 0 Å². The second kappa shape index (κ2) is 7.09. The Hall–Kier alpha value is -1.77. The SMILES string of the molecule is CCCN(CC1CC1)C(=O)c1ccc(C(O)(C(F)(F)F)C(F)(F)F)cc1. The number of rotatable bonds is 6. The molecule has 1 aliphatic carbocycles. The first-order valence-electron chi connectivity index (χ1n) is 8.17. The van der Waals surface area contributed by atoms with Crippen molar-refractivity contribution >= 4 is 5.91 Å². The fourth-order valence-corrected chi connectivity index (χ4v) is 2.68. The fraction of sp³-hybridized carbons (Fsp3) is 0.588. The van der Waals surface area contributed by atoms with Gasteiger partial charge in [0.25, 0.3) is 11.5 Å². The van der Waals surface area contributed by atoms with Crippen molar-refractivity contribution in [2.24, 2.45) is 5.92 Å².